The lowest BCUT2D eigenvalue weighted by Gasteiger charge is -2.24. The third-order valence-corrected chi connectivity index (χ3v) is 7.93. The Balaban J connectivity index is 1.83. The van der Waals surface area contributed by atoms with Gasteiger partial charge in [0.15, 0.2) is 0 Å². The van der Waals surface area contributed by atoms with Gasteiger partial charge in [-0.2, -0.15) is 4.31 Å². The van der Waals surface area contributed by atoms with Crippen molar-refractivity contribution in [3.8, 4) is 11.5 Å². The van der Waals surface area contributed by atoms with E-state index in [-0.39, 0.29) is 23.9 Å². The molecule has 0 saturated heterocycles. The smallest absolute Gasteiger partial charge is 0.244 e. The molecule has 188 valence electrons. The number of anilines is 1. The van der Waals surface area contributed by atoms with Gasteiger partial charge in [-0.3, -0.25) is 4.98 Å². The Kier molecular flexibility index (Phi) is 7.47. The summed E-state index contributed by atoms with van der Waals surface area (Å²) in [5.41, 5.74) is 9.09. The highest BCUT2D eigenvalue weighted by atomic mass is 32.2. The Hall–Kier alpha value is -3.62. The second kappa shape index (κ2) is 10.6. The van der Waals surface area contributed by atoms with Crippen molar-refractivity contribution in [2.24, 2.45) is 0 Å². The molecule has 36 heavy (non-hydrogen) atoms. The lowest BCUT2D eigenvalue weighted by Crippen LogP contribution is -2.30. The van der Waals surface area contributed by atoms with Crippen molar-refractivity contribution in [1.29, 1.82) is 0 Å². The van der Waals surface area contributed by atoms with Gasteiger partial charge in [0.25, 0.3) is 0 Å². The fraction of sp³-hybridized carbons (Fsp3) is 0.250. The minimum atomic E-state index is -3.96. The molecule has 0 saturated carbocycles. The Bertz CT molecular complexity index is 1400. The van der Waals surface area contributed by atoms with Gasteiger partial charge < -0.3 is 15.2 Å². The first kappa shape index (κ1) is 25.5. The molecule has 1 aromatic heterocycles. The SMILES string of the molecule is COc1ccc(CN(Cc2ccc(OC)cc2)S(=O)(=O)c2cc(N)cc3c(C(C)C)nccc23)cc1. The zero-order chi connectivity index (χ0) is 25.9. The van der Waals surface area contributed by atoms with Gasteiger partial charge >= 0.3 is 0 Å². The van der Waals surface area contributed by atoms with E-state index in [2.05, 4.69) is 4.98 Å². The van der Waals surface area contributed by atoms with Crippen LogP contribution in [0.25, 0.3) is 10.8 Å². The van der Waals surface area contributed by atoms with E-state index in [1.165, 1.54) is 10.4 Å². The van der Waals surface area contributed by atoms with Crippen molar-refractivity contribution < 1.29 is 17.9 Å². The third kappa shape index (κ3) is 5.29. The molecular weight excluding hydrogens is 474 g/mol. The Labute approximate surface area is 212 Å². The van der Waals surface area contributed by atoms with Crippen LogP contribution in [0.1, 0.15) is 36.6 Å². The summed E-state index contributed by atoms with van der Waals surface area (Å²) in [6.45, 7) is 4.41. The summed E-state index contributed by atoms with van der Waals surface area (Å²) in [6.07, 6.45) is 1.66. The zero-order valence-corrected chi connectivity index (χ0v) is 21.7. The zero-order valence-electron chi connectivity index (χ0n) is 20.9. The number of pyridine rings is 1. The van der Waals surface area contributed by atoms with Gasteiger partial charge in [0.05, 0.1) is 24.8 Å². The van der Waals surface area contributed by atoms with E-state index in [4.69, 9.17) is 15.2 Å². The Morgan fingerprint density at radius 3 is 1.83 bits per heavy atom. The number of hydrogen-bond acceptors (Lipinski definition) is 6. The number of fused-ring (bicyclic) bond motifs is 1. The molecule has 0 aliphatic rings. The predicted molar refractivity (Wildman–Crippen MR) is 143 cm³/mol. The second-order valence-corrected chi connectivity index (χ2v) is 10.8. The monoisotopic (exact) mass is 505 g/mol. The van der Waals surface area contributed by atoms with Crippen molar-refractivity contribution in [1.82, 2.24) is 9.29 Å². The van der Waals surface area contributed by atoms with Gasteiger partial charge in [-0.1, -0.05) is 38.1 Å². The van der Waals surface area contributed by atoms with E-state index in [1.54, 1.807) is 32.5 Å². The van der Waals surface area contributed by atoms with Crippen molar-refractivity contribution in [3.05, 3.63) is 89.7 Å². The molecule has 4 rings (SSSR count). The molecular formula is C28H31N3O4S. The first-order chi connectivity index (χ1) is 17.2. The fourth-order valence-corrected chi connectivity index (χ4v) is 5.86. The van der Waals surface area contributed by atoms with Gasteiger partial charge in [-0.05, 0) is 59.5 Å². The maximum atomic E-state index is 14.2. The van der Waals surface area contributed by atoms with Crippen LogP contribution in [0, 0.1) is 0 Å². The minimum absolute atomic E-state index is 0.112. The average Bonchev–Trinajstić information content (AvgIpc) is 2.88. The standard InChI is InChI=1S/C28H31N3O4S/c1-19(2)28-26-15-22(29)16-27(25(26)13-14-30-28)36(32,33)31(17-20-5-9-23(34-3)10-6-20)18-21-7-11-24(35-4)12-8-21/h5-16,19H,17-18,29H2,1-4H3. The lowest BCUT2D eigenvalue weighted by atomic mass is 10.0. The Morgan fingerprint density at radius 2 is 1.36 bits per heavy atom. The van der Waals surface area contributed by atoms with Crippen molar-refractivity contribution in [2.75, 3.05) is 20.0 Å². The summed E-state index contributed by atoms with van der Waals surface area (Å²) in [7, 11) is -0.762. The van der Waals surface area contributed by atoms with Crippen LogP contribution in [0.3, 0.4) is 0 Å². The van der Waals surface area contributed by atoms with E-state index in [0.717, 1.165) is 22.2 Å². The summed E-state index contributed by atoms with van der Waals surface area (Å²) in [4.78, 5) is 4.67. The van der Waals surface area contributed by atoms with Gasteiger partial charge in [0.2, 0.25) is 10.0 Å². The van der Waals surface area contributed by atoms with Crippen LogP contribution in [0.2, 0.25) is 0 Å². The van der Waals surface area contributed by atoms with Crippen LogP contribution >= 0.6 is 0 Å². The number of nitrogen functional groups attached to an aromatic ring is 1. The first-order valence-corrected chi connectivity index (χ1v) is 13.1. The number of ether oxygens (including phenoxy) is 2. The van der Waals surface area contributed by atoms with Gasteiger partial charge in [-0.15, -0.1) is 0 Å². The van der Waals surface area contributed by atoms with Crippen LogP contribution in [-0.2, 0) is 23.1 Å². The van der Waals surface area contributed by atoms with Gasteiger partial charge in [0, 0.05) is 35.7 Å². The van der Waals surface area contributed by atoms with Gasteiger partial charge in [-0.25, -0.2) is 8.42 Å². The van der Waals surface area contributed by atoms with Crippen LogP contribution in [0.4, 0.5) is 5.69 Å². The summed E-state index contributed by atoms with van der Waals surface area (Å²) < 4.78 is 40.5. The largest absolute Gasteiger partial charge is 0.497 e. The topological polar surface area (TPSA) is 94.8 Å². The van der Waals surface area contributed by atoms with E-state index in [9.17, 15) is 8.42 Å². The molecule has 8 heteroatoms. The maximum absolute atomic E-state index is 14.2. The molecule has 0 spiro atoms. The first-order valence-electron chi connectivity index (χ1n) is 11.7. The molecule has 0 atom stereocenters. The molecule has 0 unspecified atom stereocenters. The van der Waals surface area contributed by atoms with Crippen LogP contribution in [0.15, 0.2) is 77.8 Å². The maximum Gasteiger partial charge on any atom is 0.244 e. The van der Waals surface area contributed by atoms with Crippen molar-refractivity contribution in [2.45, 2.75) is 37.8 Å². The van der Waals surface area contributed by atoms with Crippen LogP contribution in [-0.4, -0.2) is 31.9 Å². The van der Waals surface area contributed by atoms with E-state index >= 15 is 0 Å². The molecule has 7 nitrogen and oxygen atoms in total. The number of sulfonamides is 1. The molecule has 1 heterocycles. The lowest BCUT2D eigenvalue weighted by molar-refractivity contribution is 0.398. The van der Waals surface area contributed by atoms with Crippen LogP contribution < -0.4 is 15.2 Å². The highest BCUT2D eigenvalue weighted by Crippen LogP contribution is 2.33. The average molecular weight is 506 g/mol. The number of nitrogens with zero attached hydrogens (tertiary/aromatic N) is 2. The van der Waals surface area contributed by atoms with E-state index < -0.39 is 10.0 Å². The normalized spacial score (nSPS) is 11.8. The molecule has 3 aromatic carbocycles. The summed E-state index contributed by atoms with van der Waals surface area (Å²) in [6, 6.07) is 19.8. The Morgan fingerprint density at radius 1 is 0.833 bits per heavy atom. The van der Waals surface area contributed by atoms with Crippen molar-refractivity contribution in [3.63, 3.8) is 0 Å². The fourth-order valence-electron chi connectivity index (χ4n) is 4.20. The summed E-state index contributed by atoms with van der Waals surface area (Å²) >= 11 is 0. The summed E-state index contributed by atoms with van der Waals surface area (Å²) in [5, 5.41) is 1.36. The molecule has 0 amide bonds. The highest BCUT2D eigenvalue weighted by Gasteiger charge is 2.28. The predicted octanol–water partition coefficient (Wildman–Crippen LogP) is 5.35. The number of rotatable bonds is 9. The van der Waals surface area contributed by atoms with Crippen LogP contribution in [0.5, 0.6) is 11.5 Å². The van der Waals surface area contributed by atoms with Gasteiger partial charge in [0.1, 0.15) is 11.5 Å². The molecule has 0 aliphatic carbocycles. The molecule has 2 N–H and O–H groups in total. The number of benzene rings is 3. The molecule has 0 radical (unpaired) electrons. The molecule has 0 aliphatic heterocycles. The summed E-state index contributed by atoms with van der Waals surface area (Å²) in [5.74, 6) is 1.53. The molecule has 0 bridgehead atoms. The van der Waals surface area contributed by atoms with Crippen molar-refractivity contribution >= 4 is 26.5 Å². The minimum Gasteiger partial charge on any atom is -0.497 e. The number of hydrogen-bond donors (Lipinski definition) is 1. The number of aromatic nitrogens is 1. The number of methoxy groups -OCH3 is 2. The molecule has 4 aromatic rings. The number of nitrogens with two attached hydrogens (primary N) is 1. The quantitative estimate of drug-likeness (QED) is 0.308. The molecule has 0 fully saturated rings. The van der Waals surface area contributed by atoms with E-state index in [1.807, 2.05) is 62.4 Å². The highest BCUT2D eigenvalue weighted by molar-refractivity contribution is 7.89. The van der Waals surface area contributed by atoms with E-state index in [0.29, 0.717) is 22.6 Å². The third-order valence-electron chi connectivity index (χ3n) is 6.10. The second-order valence-electron chi connectivity index (χ2n) is 8.93.